The van der Waals surface area contributed by atoms with Crippen LogP contribution < -0.4 is 21.9 Å². The van der Waals surface area contributed by atoms with Crippen LogP contribution in [0.3, 0.4) is 0 Å². The average molecular weight is 387 g/mol. The van der Waals surface area contributed by atoms with E-state index >= 15 is 0 Å². The van der Waals surface area contributed by atoms with Crippen LogP contribution in [-0.4, -0.2) is 37.5 Å². The standard InChI is InChI=1S/C22H25NO3.ClH/c1-22(2)14-16-8-6-7-9-17(16)18(23(22)3)13-19(24)15-10-11-20(25-4)21(12-15)26-5;/h6-13H,14H2,1-5H3;1H/p-1/b18-13-;. The molecule has 0 bridgehead atoms. The molecule has 4 nitrogen and oxygen atoms in total. The van der Waals surface area contributed by atoms with Crippen LogP contribution in [0.4, 0.5) is 0 Å². The van der Waals surface area contributed by atoms with Gasteiger partial charge in [-0.1, -0.05) is 24.3 Å². The fourth-order valence-electron chi connectivity index (χ4n) is 3.39. The van der Waals surface area contributed by atoms with E-state index in [0.29, 0.717) is 17.1 Å². The number of carbonyl (C=O) groups is 1. The average Bonchev–Trinajstić information content (AvgIpc) is 2.64. The highest BCUT2D eigenvalue weighted by Gasteiger charge is 2.33. The number of allylic oxidation sites excluding steroid dienone is 1. The van der Waals surface area contributed by atoms with E-state index in [1.165, 1.54) is 5.56 Å². The molecule has 27 heavy (non-hydrogen) atoms. The highest BCUT2D eigenvalue weighted by Crippen LogP contribution is 2.37. The zero-order chi connectivity index (χ0) is 18.9. The predicted molar refractivity (Wildman–Crippen MR) is 104 cm³/mol. The SMILES string of the molecule is COc1ccc(C(=O)/C=C2/c3ccccc3CC(C)(C)N2C)cc1OC.[Cl-]. The maximum absolute atomic E-state index is 12.9. The summed E-state index contributed by atoms with van der Waals surface area (Å²) in [5, 5.41) is 0. The molecule has 5 heteroatoms. The van der Waals surface area contributed by atoms with E-state index < -0.39 is 0 Å². The van der Waals surface area contributed by atoms with Crippen molar-refractivity contribution in [1.29, 1.82) is 0 Å². The van der Waals surface area contributed by atoms with Crippen molar-refractivity contribution in [3.05, 3.63) is 65.2 Å². The zero-order valence-corrected chi connectivity index (χ0v) is 17.1. The summed E-state index contributed by atoms with van der Waals surface area (Å²) in [6, 6.07) is 13.5. The third kappa shape index (κ3) is 3.96. The first-order chi connectivity index (χ1) is 12.4. The van der Waals surface area contributed by atoms with Crippen molar-refractivity contribution >= 4 is 11.5 Å². The van der Waals surface area contributed by atoms with Crippen LogP contribution in [0, 0.1) is 0 Å². The topological polar surface area (TPSA) is 38.8 Å². The van der Waals surface area contributed by atoms with Gasteiger partial charge in [0.25, 0.3) is 0 Å². The number of hydrogen-bond donors (Lipinski definition) is 0. The Morgan fingerprint density at radius 1 is 1.07 bits per heavy atom. The minimum Gasteiger partial charge on any atom is -1.00 e. The molecule has 0 unspecified atom stereocenters. The van der Waals surface area contributed by atoms with Crippen LogP contribution in [-0.2, 0) is 6.42 Å². The summed E-state index contributed by atoms with van der Waals surface area (Å²) in [6.45, 7) is 4.38. The van der Waals surface area contributed by atoms with E-state index in [1.54, 1.807) is 38.5 Å². The number of fused-ring (bicyclic) bond motifs is 1. The van der Waals surface area contributed by atoms with Gasteiger partial charge in [0.05, 0.1) is 14.2 Å². The summed E-state index contributed by atoms with van der Waals surface area (Å²) >= 11 is 0. The van der Waals surface area contributed by atoms with Gasteiger partial charge in [0.15, 0.2) is 17.3 Å². The van der Waals surface area contributed by atoms with E-state index in [1.807, 2.05) is 19.2 Å². The molecule has 3 rings (SSSR count). The molecule has 0 radical (unpaired) electrons. The largest absolute Gasteiger partial charge is 1.00 e. The van der Waals surface area contributed by atoms with Crippen LogP contribution in [0.25, 0.3) is 5.70 Å². The molecular formula is C22H25ClNO3-. The van der Waals surface area contributed by atoms with Gasteiger partial charge in [-0.05, 0) is 44.0 Å². The minimum absolute atomic E-state index is 0. The Morgan fingerprint density at radius 2 is 1.74 bits per heavy atom. The van der Waals surface area contributed by atoms with Crippen LogP contribution in [0.15, 0.2) is 48.5 Å². The third-order valence-electron chi connectivity index (χ3n) is 5.12. The molecule has 0 fully saturated rings. The molecule has 0 spiro atoms. The lowest BCUT2D eigenvalue weighted by Gasteiger charge is -2.44. The van der Waals surface area contributed by atoms with Gasteiger partial charge in [-0.3, -0.25) is 4.79 Å². The fourth-order valence-corrected chi connectivity index (χ4v) is 3.39. The Labute approximate surface area is 167 Å². The van der Waals surface area contributed by atoms with Crippen LogP contribution in [0.5, 0.6) is 11.5 Å². The van der Waals surface area contributed by atoms with E-state index in [4.69, 9.17) is 9.47 Å². The monoisotopic (exact) mass is 386 g/mol. The lowest BCUT2D eigenvalue weighted by molar-refractivity contribution is -0.0000141. The maximum Gasteiger partial charge on any atom is 0.188 e. The van der Waals surface area contributed by atoms with Gasteiger partial charge in [-0.15, -0.1) is 0 Å². The number of rotatable bonds is 4. The first-order valence-corrected chi connectivity index (χ1v) is 8.67. The van der Waals surface area contributed by atoms with Gasteiger partial charge in [0.2, 0.25) is 0 Å². The van der Waals surface area contributed by atoms with E-state index in [-0.39, 0.29) is 23.7 Å². The molecule has 0 aliphatic carbocycles. The molecule has 2 aromatic carbocycles. The Kier molecular flexibility index (Phi) is 6.22. The Bertz CT molecular complexity index is 874. The lowest BCUT2D eigenvalue weighted by Crippen LogP contribution is -3.00. The van der Waals surface area contributed by atoms with Crippen LogP contribution in [0.2, 0.25) is 0 Å². The minimum atomic E-state index is -0.0575. The first kappa shape index (κ1) is 20.8. The molecular weight excluding hydrogens is 362 g/mol. The summed E-state index contributed by atoms with van der Waals surface area (Å²) in [4.78, 5) is 15.1. The van der Waals surface area contributed by atoms with Gasteiger partial charge in [-0.2, -0.15) is 0 Å². The van der Waals surface area contributed by atoms with Crippen molar-refractivity contribution in [1.82, 2.24) is 4.90 Å². The second kappa shape index (κ2) is 8.05. The zero-order valence-electron chi connectivity index (χ0n) is 16.4. The van der Waals surface area contributed by atoms with E-state index in [2.05, 4.69) is 30.9 Å². The second-order valence-corrected chi connectivity index (χ2v) is 7.17. The number of ether oxygens (including phenoxy) is 2. The molecule has 0 amide bonds. The number of carbonyl (C=O) groups excluding carboxylic acids is 1. The molecule has 1 aliphatic rings. The molecule has 2 aromatic rings. The molecule has 0 saturated heterocycles. The van der Waals surface area contributed by atoms with Gasteiger partial charge in [0, 0.05) is 35.5 Å². The van der Waals surface area contributed by atoms with Gasteiger partial charge in [0.1, 0.15) is 0 Å². The first-order valence-electron chi connectivity index (χ1n) is 8.67. The fraction of sp³-hybridized carbons (Fsp3) is 0.318. The summed E-state index contributed by atoms with van der Waals surface area (Å²) in [7, 11) is 5.19. The van der Waals surface area contributed by atoms with Crippen LogP contribution >= 0.6 is 0 Å². The number of likely N-dealkylation sites (N-methyl/N-ethyl adjacent to an activating group) is 1. The normalized spacial score (nSPS) is 16.3. The molecule has 0 atom stereocenters. The Morgan fingerprint density at radius 3 is 2.41 bits per heavy atom. The number of benzene rings is 2. The number of hydrogen-bond acceptors (Lipinski definition) is 4. The summed E-state index contributed by atoms with van der Waals surface area (Å²) < 4.78 is 10.6. The molecule has 0 aromatic heterocycles. The Hall–Kier alpha value is -2.46. The highest BCUT2D eigenvalue weighted by molar-refractivity contribution is 6.09. The van der Waals surface area contributed by atoms with Crippen LogP contribution in [0.1, 0.15) is 35.3 Å². The Balaban J connectivity index is 0.00000261. The van der Waals surface area contributed by atoms with E-state index in [0.717, 1.165) is 17.7 Å². The quantitative estimate of drug-likeness (QED) is 0.584. The second-order valence-electron chi connectivity index (χ2n) is 7.17. The van der Waals surface area contributed by atoms with Gasteiger partial charge in [-0.25, -0.2) is 0 Å². The number of halogens is 1. The summed E-state index contributed by atoms with van der Waals surface area (Å²) in [5.74, 6) is 1.10. The molecule has 0 N–H and O–H groups in total. The number of methoxy groups -OCH3 is 2. The van der Waals surface area contributed by atoms with Crippen molar-refractivity contribution in [2.75, 3.05) is 21.3 Å². The molecule has 0 saturated carbocycles. The van der Waals surface area contributed by atoms with Crippen molar-refractivity contribution < 1.29 is 26.7 Å². The van der Waals surface area contributed by atoms with Crippen molar-refractivity contribution in [2.24, 2.45) is 0 Å². The number of nitrogens with zero attached hydrogens (tertiary/aromatic N) is 1. The maximum atomic E-state index is 12.9. The number of ketones is 1. The molecule has 1 aliphatic heterocycles. The van der Waals surface area contributed by atoms with Gasteiger partial charge < -0.3 is 26.8 Å². The van der Waals surface area contributed by atoms with Crippen molar-refractivity contribution in [3.8, 4) is 11.5 Å². The third-order valence-corrected chi connectivity index (χ3v) is 5.12. The summed E-state index contributed by atoms with van der Waals surface area (Å²) in [6.07, 6.45) is 2.67. The molecule has 144 valence electrons. The van der Waals surface area contributed by atoms with E-state index in [9.17, 15) is 4.79 Å². The van der Waals surface area contributed by atoms with Gasteiger partial charge >= 0.3 is 0 Å². The highest BCUT2D eigenvalue weighted by atomic mass is 35.5. The lowest BCUT2D eigenvalue weighted by atomic mass is 9.84. The molecule has 1 heterocycles. The summed E-state index contributed by atoms with van der Waals surface area (Å²) in [5.41, 5.74) is 3.84. The van der Waals surface area contributed by atoms with Crippen molar-refractivity contribution in [3.63, 3.8) is 0 Å². The van der Waals surface area contributed by atoms with Crippen molar-refractivity contribution in [2.45, 2.75) is 25.8 Å². The predicted octanol–water partition coefficient (Wildman–Crippen LogP) is 1.20. The smallest absolute Gasteiger partial charge is 0.188 e.